The smallest absolute Gasteiger partial charge is 0.273 e. The van der Waals surface area contributed by atoms with Crippen molar-refractivity contribution in [1.82, 2.24) is 15.2 Å². The first kappa shape index (κ1) is 19.3. The van der Waals surface area contributed by atoms with Crippen molar-refractivity contribution >= 4 is 15.9 Å². The summed E-state index contributed by atoms with van der Waals surface area (Å²) >= 11 is 0. The number of hydrogen-bond acceptors (Lipinski definition) is 5. The number of rotatable bonds is 8. The molecule has 0 saturated heterocycles. The summed E-state index contributed by atoms with van der Waals surface area (Å²) in [5.41, 5.74) is 2.12. The molecule has 3 rings (SSSR count). The fourth-order valence-corrected chi connectivity index (χ4v) is 3.32. The Morgan fingerprint density at radius 2 is 2.04 bits per heavy atom. The van der Waals surface area contributed by atoms with E-state index in [9.17, 15) is 22.0 Å². The molecule has 1 aromatic carbocycles. The second-order valence-electron chi connectivity index (χ2n) is 6.10. The Bertz CT molecular complexity index is 935. The Hall–Kier alpha value is -2.43. The zero-order valence-electron chi connectivity index (χ0n) is 14.1. The molecule has 1 aliphatic rings. The van der Waals surface area contributed by atoms with Crippen LogP contribution < -0.4 is 10.2 Å². The summed E-state index contributed by atoms with van der Waals surface area (Å²) in [6.45, 7) is 0.0946. The predicted octanol–water partition coefficient (Wildman–Crippen LogP) is 1.91. The van der Waals surface area contributed by atoms with E-state index in [1.165, 1.54) is 6.20 Å². The summed E-state index contributed by atoms with van der Waals surface area (Å²) in [5, 5.41) is 0. The minimum Gasteiger partial charge on any atom is -0.273 e. The lowest BCUT2D eigenvalue weighted by Gasteiger charge is -2.11. The average molecular weight is 397 g/mol. The number of nitrogens with one attached hydrogen (secondary N) is 2. The quantitative estimate of drug-likeness (QED) is 0.663. The number of carbonyl (C=O) groups excluding carboxylic acids is 1. The largest absolute Gasteiger partial charge is 0.274 e. The van der Waals surface area contributed by atoms with Gasteiger partial charge < -0.3 is 0 Å². The van der Waals surface area contributed by atoms with Gasteiger partial charge in [0, 0.05) is 11.8 Å². The van der Waals surface area contributed by atoms with Crippen LogP contribution in [0.5, 0.6) is 0 Å². The summed E-state index contributed by atoms with van der Waals surface area (Å²) in [4.78, 5) is 20.0. The van der Waals surface area contributed by atoms with Crippen LogP contribution in [0.25, 0.3) is 0 Å². The summed E-state index contributed by atoms with van der Waals surface area (Å²) in [6.07, 6.45) is 3.48. The maximum atomic E-state index is 14.1. The summed E-state index contributed by atoms with van der Waals surface area (Å²) in [7, 11) is -4.42. The maximum absolute atomic E-state index is 14.1. The second kappa shape index (κ2) is 8.07. The third-order valence-electron chi connectivity index (χ3n) is 3.90. The highest BCUT2D eigenvalue weighted by atomic mass is 32.2. The van der Waals surface area contributed by atoms with Crippen molar-refractivity contribution in [2.24, 2.45) is 5.92 Å². The molecule has 1 heterocycles. The van der Waals surface area contributed by atoms with E-state index in [-0.39, 0.29) is 12.1 Å². The van der Waals surface area contributed by atoms with Crippen LogP contribution >= 0.6 is 0 Å². The molecule has 2 N–H and O–H groups in total. The van der Waals surface area contributed by atoms with E-state index in [1.807, 2.05) is 0 Å². The van der Waals surface area contributed by atoms with Crippen LogP contribution in [-0.4, -0.2) is 25.9 Å². The normalized spacial score (nSPS) is 14.1. The van der Waals surface area contributed by atoms with Crippen LogP contribution in [0.3, 0.4) is 0 Å². The van der Waals surface area contributed by atoms with Crippen molar-refractivity contribution in [3.63, 3.8) is 0 Å². The van der Waals surface area contributed by atoms with Crippen LogP contribution in [0.2, 0.25) is 0 Å². The molecule has 0 aliphatic heterocycles. The Labute approximate surface area is 154 Å². The first-order valence-corrected chi connectivity index (χ1v) is 9.66. The van der Waals surface area contributed by atoms with Crippen molar-refractivity contribution in [3.05, 3.63) is 59.4 Å². The molecule has 144 valence electrons. The van der Waals surface area contributed by atoms with Gasteiger partial charge >= 0.3 is 0 Å². The minimum absolute atomic E-state index is 0.217. The summed E-state index contributed by atoms with van der Waals surface area (Å²) < 4.78 is 54.8. The monoisotopic (exact) mass is 397 g/mol. The Morgan fingerprint density at radius 3 is 2.70 bits per heavy atom. The molecule has 0 unspecified atom stereocenters. The highest BCUT2D eigenvalue weighted by Crippen LogP contribution is 2.28. The lowest BCUT2D eigenvalue weighted by molar-refractivity contribution is 0.0269. The van der Waals surface area contributed by atoms with Gasteiger partial charge in [0.15, 0.2) is 11.6 Å². The Kier molecular flexibility index (Phi) is 5.78. The van der Waals surface area contributed by atoms with Gasteiger partial charge in [0.05, 0.1) is 18.8 Å². The number of aromatic nitrogens is 1. The molecule has 1 saturated carbocycles. The van der Waals surface area contributed by atoms with Crippen LogP contribution in [0, 0.1) is 17.6 Å². The average Bonchev–Trinajstić information content (AvgIpc) is 3.47. The molecule has 0 atom stereocenters. The molecule has 0 bridgehead atoms. The molecular formula is C17H17F2N3O4S. The summed E-state index contributed by atoms with van der Waals surface area (Å²) in [5.74, 6) is -3.51. The number of carbonyl (C=O) groups is 1. The van der Waals surface area contributed by atoms with Gasteiger partial charge in [-0.3, -0.25) is 14.6 Å². The van der Waals surface area contributed by atoms with E-state index >= 15 is 0 Å². The predicted molar refractivity (Wildman–Crippen MR) is 90.8 cm³/mol. The highest BCUT2D eigenvalue weighted by molar-refractivity contribution is 7.89. The number of benzene rings is 1. The fourth-order valence-electron chi connectivity index (χ4n) is 2.21. The van der Waals surface area contributed by atoms with Crippen LogP contribution in [0.15, 0.2) is 41.4 Å². The second-order valence-corrected chi connectivity index (χ2v) is 7.84. The Balaban J connectivity index is 1.76. The van der Waals surface area contributed by atoms with Gasteiger partial charge in [-0.1, -0.05) is 6.07 Å². The number of sulfonamides is 1. The number of hydrogen-bond donors (Lipinski definition) is 2. The van der Waals surface area contributed by atoms with Crippen molar-refractivity contribution in [3.8, 4) is 0 Å². The lowest BCUT2D eigenvalue weighted by atomic mass is 10.2. The molecule has 0 radical (unpaired) electrons. The maximum Gasteiger partial charge on any atom is 0.274 e. The van der Waals surface area contributed by atoms with Gasteiger partial charge in [-0.15, -0.1) is 0 Å². The van der Waals surface area contributed by atoms with E-state index in [0.717, 1.165) is 18.9 Å². The molecule has 1 fully saturated rings. The Morgan fingerprint density at radius 1 is 1.26 bits per heavy atom. The van der Waals surface area contributed by atoms with Crippen molar-refractivity contribution in [1.29, 1.82) is 0 Å². The van der Waals surface area contributed by atoms with Gasteiger partial charge in [-0.25, -0.2) is 27.4 Å². The topological polar surface area (TPSA) is 97.4 Å². The number of hydroxylamine groups is 1. The molecule has 1 aromatic heterocycles. The highest BCUT2D eigenvalue weighted by Gasteiger charge is 2.25. The standard InChI is InChI=1S/C17H17F2N3O4S/c18-14-7-12(17(23)22-26-10-11-4-5-11)8-15(16(14)19)27(24,25)21-9-13-3-1-2-6-20-13/h1-3,6-8,11,21H,4-5,9-10H2,(H,22,23). The summed E-state index contributed by atoms with van der Waals surface area (Å²) in [6, 6.07) is 6.25. The van der Waals surface area contributed by atoms with E-state index < -0.39 is 32.5 Å². The molecule has 10 heteroatoms. The molecule has 1 amide bonds. The van der Waals surface area contributed by atoms with E-state index in [0.29, 0.717) is 24.3 Å². The number of halogens is 2. The SMILES string of the molecule is O=C(NOCC1CC1)c1cc(F)c(F)c(S(=O)(=O)NCc2ccccn2)c1. The zero-order chi connectivity index (χ0) is 19.4. The minimum atomic E-state index is -4.42. The first-order chi connectivity index (χ1) is 12.9. The van der Waals surface area contributed by atoms with Crippen molar-refractivity contribution < 1.29 is 26.8 Å². The number of nitrogens with zero attached hydrogens (tertiary/aromatic N) is 1. The van der Waals surface area contributed by atoms with Crippen molar-refractivity contribution in [2.45, 2.75) is 24.3 Å². The van der Waals surface area contributed by atoms with Crippen LogP contribution in [0.1, 0.15) is 28.9 Å². The molecule has 0 spiro atoms. The van der Waals surface area contributed by atoms with E-state index in [1.54, 1.807) is 18.2 Å². The van der Waals surface area contributed by atoms with E-state index in [4.69, 9.17) is 4.84 Å². The lowest BCUT2D eigenvalue weighted by Crippen LogP contribution is -2.27. The van der Waals surface area contributed by atoms with Gasteiger partial charge in [-0.05, 0) is 43.0 Å². The number of amides is 1. The fraction of sp³-hybridized carbons (Fsp3) is 0.294. The molecule has 1 aliphatic carbocycles. The number of pyridine rings is 1. The van der Waals surface area contributed by atoms with E-state index in [2.05, 4.69) is 15.2 Å². The zero-order valence-corrected chi connectivity index (χ0v) is 14.9. The molecule has 2 aromatic rings. The molecule has 7 nitrogen and oxygen atoms in total. The first-order valence-electron chi connectivity index (χ1n) is 8.17. The van der Waals surface area contributed by atoms with Gasteiger partial charge in [0.25, 0.3) is 5.91 Å². The third kappa shape index (κ3) is 5.06. The molecular weight excluding hydrogens is 380 g/mol. The molecule has 27 heavy (non-hydrogen) atoms. The van der Waals surface area contributed by atoms with Crippen LogP contribution in [-0.2, 0) is 21.4 Å². The third-order valence-corrected chi connectivity index (χ3v) is 5.30. The van der Waals surface area contributed by atoms with Crippen molar-refractivity contribution in [2.75, 3.05) is 6.61 Å². The van der Waals surface area contributed by atoms with Gasteiger partial charge in [0.2, 0.25) is 10.0 Å². The van der Waals surface area contributed by atoms with Gasteiger partial charge in [-0.2, -0.15) is 0 Å². The van der Waals surface area contributed by atoms with Gasteiger partial charge in [0.1, 0.15) is 4.90 Å². The van der Waals surface area contributed by atoms with Crippen LogP contribution in [0.4, 0.5) is 8.78 Å².